The van der Waals surface area contributed by atoms with Crippen molar-refractivity contribution in [2.75, 3.05) is 0 Å². The highest BCUT2D eigenvalue weighted by Crippen LogP contribution is 2.21. The predicted octanol–water partition coefficient (Wildman–Crippen LogP) is 3.03. The van der Waals surface area contributed by atoms with Crippen LogP contribution in [0.2, 0.25) is 5.02 Å². The molecule has 0 saturated heterocycles. The van der Waals surface area contributed by atoms with Crippen LogP contribution in [-0.4, -0.2) is 26.3 Å². The number of Topliss-reactive ketones (excluding diaryl/α,β-unsaturated/α-hetero) is 1. The molecule has 0 aliphatic carbocycles. The highest BCUT2D eigenvalue weighted by atomic mass is 35.5. The van der Waals surface area contributed by atoms with E-state index in [0.717, 1.165) is 6.07 Å². The van der Waals surface area contributed by atoms with E-state index in [9.17, 15) is 18.0 Å². The first-order valence-electron chi connectivity index (χ1n) is 7.65. The van der Waals surface area contributed by atoms with Gasteiger partial charge in [-0.3, -0.25) is 4.79 Å². The molecule has 2 aromatic rings. The maximum atomic E-state index is 12.4. The van der Waals surface area contributed by atoms with Crippen molar-refractivity contribution in [2.24, 2.45) is 5.14 Å². The minimum atomic E-state index is -3.99. The lowest BCUT2D eigenvalue weighted by Crippen LogP contribution is -2.25. The Bertz CT molecular complexity index is 968. The highest BCUT2D eigenvalue weighted by Gasteiger charge is 2.23. The lowest BCUT2D eigenvalue weighted by atomic mass is 10.1. The lowest BCUT2D eigenvalue weighted by molar-refractivity contribution is 0.0318. The number of halogens is 1. The second kappa shape index (κ2) is 7.57. The normalized spacial score (nSPS) is 12.5. The van der Waals surface area contributed by atoms with Crippen molar-refractivity contribution in [3.8, 4) is 0 Å². The van der Waals surface area contributed by atoms with E-state index in [0.29, 0.717) is 21.7 Å². The Morgan fingerprint density at radius 3 is 2.19 bits per heavy atom. The molecule has 2 aromatic carbocycles. The smallest absolute Gasteiger partial charge is 0.338 e. The summed E-state index contributed by atoms with van der Waals surface area (Å²) in [4.78, 5) is 24.5. The number of aryl methyl sites for hydroxylation is 1. The van der Waals surface area contributed by atoms with Crippen LogP contribution < -0.4 is 5.14 Å². The van der Waals surface area contributed by atoms with Crippen LogP contribution in [0.1, 0.15) is 38.8 Å². The summed E-state index contributed by atoms with van der Waals surface area (Å²) in [6, 6.07) is 8.83. The predicted molar refractivity (Wildman–Crippen MR) is 97.9 cm³/mol. The monoisotopic (exact) mass is 395 g/mol. The topological polar surface area (TPSA) is 104 Å². The Labute approximate surface area is 157 Å². The Balaban J connectivity index is 2.25. The van der Waals surface area contributed by atoms with Gasteiger partial charge in [-0.05, 0) is 68.3 Å². The molecule has 0 aromatic heterocycles. The average Bonchev–Trinajstić information content (AvgIpc) is 2.55. The third kappa shape index (κ3) is 4.49. The van der Waals surface area contributed by atoms with Gasteiger partial charge in [0.1, 0.15) is 0 Å². The van der Waals surface area contributed by atoms with Gasteiger partial charge in [0.2, 0.25) is 15.8 Å². The zero-order valence-corrected chi connectivity index (χ0v) is 16.0. The third-order valence-electron chi connectivity index (χ3n) is 3.94. The second-order valence-electron chi connectivity index (χ2n) is 5.88. The number of hydrogen-bond donors (Lipinski definition) is 1. The molecule has 0 bridgehead atoms. The molecule has 6 nitrogen and oxygen atoms in total. The Morgan fingerprint density at radius 1 is 1.08 bits per heavy atom. The first-order valence-corrected chi connectivity index (χ1v) is 9.58. The fourth-order valence-electron chi connectivity index (χ4n) is 2.37. The van der Waals surface area contributed by atoms with Gasteiger partial charge in [0, 0.05) is 10.6 Å². The number of esters is 1. The molecule has 0 aliphatic heterocycles. The van der Waals surface area contributed by atoms with Gasteiger partial charge in [-0.15, -0.1) is 0 Å². The maximum absolute atomic E-state index is 12.4. The quantitative estimate of drug-likeness (QED) is 0.619. The Hall–Kier alpha value is -2.22. The van der Waals surface area contributed by atoms with Crippen LogP contribution in [0.5, 0.6) is 0 Å². The number of benzene rings is 2. The van der Waals surface area contributed by atoms with Gasteiger partial charge in [-0.25, -0.2) is 18.4 Å². The molecule has 2 rings (SSSR count). The fourth-order valence-corrected chi connectivity index (χ4v) is 3.38. The maximum Gasteiger partial charge on any atom is 0.338 e. The molecule has 1 atom stereocenters. The lowest BCUT2D eigenvalue weighted by Gasteiger charge is -2.14. The second-order valence-corrected chi connectivity index (χ2v) is 7.85. The summed E-state index contributed by atoms with van der Waals surface area (Å²) in [7, 11) is -3.99. The minimum absolute atomic E-state index is 0.00730. The summed E-state index contributed by atoms with van der Waals surface area (Å²) >= 11 is 5.78. The first kappa shape index (κ1) is 20.1. The number of nitrogens with two attached hydrogens (primary N) is 1. The van der Waals surface area contributed by atoms with E-state index in [1.54, 1.807) is 26.0 Å². The van der Waals surface area contributed by atoms with E-state index in [-0.39, 0.29) is 10.5 Å². The Morgan fingerprint density at radius 2 is 1.65 bits per heavy atom. The molecular weight excluding hydrogens is 378 g/mol. The number of hydrogen-bond acceptors (Lipinski definition) is 5. The van der Waals surface area contributed by atoms with Gasteiger partial charge in [0.05, 0.1) is 10.5 Å². The standard InChI is InChI=1S/C18H18ClNO5S/c1-10-8-14(9-16(11(10)2)26(20,23)24)18(22)25-12(3)17(21)13-4-6-15(19)7-5-13/h4-9,12H,1-3H3,(H2,20,23,24). The third-order valence-corrected chi connectivity index (χ3v) is 5.23. The summed E-state index contributed by atoms with van der Waals surface area (Å²) in [5.74, 6) is -1.21. The van der Waals surface area contributed by atoms with Crippen LogP contribution in [0.4, 0.5) is 0 Å². The van der Waals surface area contributed by atoms with E-state index < -0.39 is 27.9 Å². The van der Waals surface area contributed by atoms with Crippen LogP contribution in [0.15, 0.2) is 41.3 Å². The zero-order valence-electron chi connectivity index (χ0n) is 14.4. The molecule has 0 heterocycles. The number of ether oxygens (including phenoxy) is 1. The van der Waals surface area contributed by atoms with Crippen molar-refractivity contribution in [3.05, 3.63) is 63.7 Å². The summed E-state index contributed by atoms with van der Waals surface area (Å²) in [6.07, 6.45) is -1.05. The number of carbonyl (C=O) groups excluding carboxylic acids is 2. The van der Waals surface area contributed by atoms with Crippen molar-refractivity contribution in [1.29, 1.82) is 0 Å². The van der Waals surface area contributed by atoms with Crippen molar-refractivity contribution < 1.29 is 22.7 Å². The van der Waals surface area contributed by atoms with Crippen LogP contribution >= 0.6 is 11.6 Å². The fraction of sp³-hybridized carbons (Fsp3) is 0.222. The van der Waals surface area contributed by atoms with Crippen LogP contribution in [0, 0.1) is 13.8 Å². The van der Waals surface area contributed by atoms with Gasteiger partial charge in [-0.2, -0.15) is 0 Å². The van der Waals surface area contributed by atoms with Crippen molar-refractivity contribution in [2.45, 2.75) is 31.8 Å². The number of rotatable bonds is 5. The molecule has 0 amide bonds. The summed E-state index contributed by atoms with van der Waals surface area (Å²) in [5, 5.41) is 5.67. The molecule has 8 heteroatoms. The molecule has 138 valence electrons. The molecule has 0 radical (unpaired) electrons. The molecule has 0 saturated carbocycles. The van der Waals surface area contributed by atoms with E-state index >= 15 is 0 Å². The van der Waals surface area contributed by atoms with E-state index in [2.05, 4.69) is 0 Å². The summed E-state index contributed by atoms with van der Waals surface area (Å²) in [6.45, 7) is 4.69. The average molecular weight is 396 g/mol. The molecule has 26 heavy (non-hydrogen) atoms. The molecule has 0 spiro atoms. The van der Waals surface area contributed by atoms with Crippen LogP contribution in [0.3, 0.4) is 0 Å². The van der Waals surface area contributed by atoms with E-state index in [4.69, 9.17) is 21.5 Å². The molecular formula is C18H18ClNO5S. The molecule has 2 N–H and O–H groups in total. The van der Waals surface area contributed by atoms with Crippen LogP contribution in [-0.2, 0) is 14.8 Å². The van der Waals surface area contributed by atoms with Crippen LogP contribution in [0.25, 0.3) is 0 Å². The van der Waals surface area contributed by atoms with Crippen molar-refractivity contribution >= 4 is 33.4 Å². The van der Waals surface area contributed by atoms with Gasteiger partial charge in [0.15, 0.2) is 6.10 Å². The molecule has 0 fully saturated rings. The summed E-state index contributed by atoms with van der Waals surface area (Å²) < 4.78 is 28.6. The highest BCUT2D eigenvalue weighted by molar-refractivity contribution is 7.89. The van der Waals surface area contributed by atoms with Gasteiger partial charge >= 0.3 is 5.97 Å². The number of ketones is 1. The van der Waals surface area contributed by atoms with E-state index in [1.165, 1.54) is 25.1 Å². The number of sulfonamides is 1. The Kier molecular flexibility index (Phi) is 5.85. The first-order chi connectivity index (χ1) is 12.0. The number of primary sulfonamides is 1. The van der Waals surface area contributed by atoms with Gasteiger partial charge in [-0.1, -0.05) is 11.6 Å². The van der Waals surface area contributed by atoms with E-state index in [1.807, 2.05) is 0 Å². The van der Waals surface area contributed by atoms with Crippen molar-refractivity contribution in [3.63, 3.8) is 0 Å². The number of carbonyl (C=O) groups is 2. The minimum Gasteiger partial charge on any atom is -0.451 e. The largest absolute Gasteiger partial charge is 0.451 e. The van der Waals surface area contributed by atoms with Gasteiger partial charge in [0.25, 0.3) is 0 Å². The van der Waals surface area contributed by atoms with Crippen molar-refractivity contribution in [1.82, 2.24) is 0 Å². The SMILES string of the molecule is Cc1cc(C(=O)OC(C)C(=O)c2ccc(Cl)cc2)cc(S(N)(=O)=O)c1C. The molecule has 0 aliphatic rings. The molecule has 1 unspecified atom stereocenters. The summed E-state index contributed by atoms with van der Waals surface area (Å²) in [5.41, 5.74) is 1.38. The zero-order chi connectivity index (χ0) is 19.6. The van der Waals surface area contributed by atoms with Gasteiger partial charge < -0.3 is 4.74 Å².